The Morgan fingerprint density at radius 3 is 3.00 bits per heavy atom. The van der Waals surface area contributed by atoms with E-state index in [0.717, 1.165) is 12.2 Å². The van der Waals surface area contributed by atoms with Gasteiger partial charge in [-0.2, -0.15) is 12.6 Å². The van der Waals surface area contributed by atoms with Crippen molar-refractivity contribution >= 4 is 30.0 Å². The van der Waals surface area contributed by atoms with Gasteiger partial charge in [0.2, 0.25) is 0 Å². The molecule has 0 radical (unpaired) electrons. The maximum Gasteiger partial charge on any atom is 0.00864 e. The van der Waals surface area contributed by atoms with Crippen LogP contribution in [0.15, 0.2) is 17.5 Å². The molecule has 0 saturated carbocycles. The summed E-state index contributed by atoms with van der Waals surface area (Å²) in [7, 11) is 0. The van der Waals surface area contributed by atoms with Gasteiger partial charge in [-0.1, -0.05) is 12.2 Å². The lowest BCUT2D eigenvalue weighted by Gasteiger charge is -1.88. The van der Waals surface area contributed by atoms with Gasteiger partial charge in [-0.3, -0.25) is 0 Å². The summed E-state index contributed by atoms with van der Waals surface area (Å²) in [6.07, 6.45) is 5.39. The van der Waals surface area contributed by atoms with Gasteiger partial charge in [0, 0.05) is 4.88 Å². The molecule has 0 atom stereocenters. The summed E-state index contributed by atoms with van der Waals surface area (Å²) in [6.45, 7) is 2.14. The first-order valence-electron chi connectivity index (χ1n) is 3.66. The topological polar surface area (TPSA) is 0 Å². The number of rotatable bonds is 3. The third-order valence-electron chi connectivity index (χ3n) is 1.49. The van der Waals surface area contributed by atoms with Crippen LogP contribution in [-0.4, -0.2) is 5.75 Å². The van der Waals surface area contributed by atoms with Gasteiger partial charge >= 0.3 is 0 Å². The van der Waals surface area contributed by atoms with E-state index >= 15 is 0 Å². The highest BCUT2D eigenvalue weighted by molar-refractivity contribution is 7.80. The fourth-order valence-electron chi connectivity index (χ4n) is 0.853. The Labute approximate surface area is 77.4 Å². The zero-order valence-electron chi connectivity index (χ0n) is 6.58. The first kappa shape index (κ1) is 8.88. The monoisotopic (exact) mass is 184 g/mol. The molecule has 0 spiro atoms. The molecule has 0 fully saturated rings. The minimum absolute atomic E-state index is 0.930. The summed E-state index contributed by atoms with van der Waals surface area (Å²) in [5, 5.41) is 2.12. The Hall–Kier alpha value is -0.210. The van der Waals surface area contributed by atoms with Crippen LogP contribution in [0.3, 0.4) is 0 Å². The third-order valence-corrected chi connectivity index (χ3v) is 2.61. The van der Waals surface area contributed by atoms with Gasteiger partial charge in [0.15, 0.2) is 0 Å². The standard InChI is InChI=1S/C9H12S2/c1-8-9(5-7-11-8)4-2-3-6-10/h2,4-5,7,10H,3,6H2,1H3. The fourth-order valence-corrected chi connectivity index (χ4v) is 1.69. The van der Waals surface area contributed by atoms with Crippen LogP contribution in [0, 0.1) is 6.92 Å². The number of hydrogen-bond acceptors (Lipinski definition) is 2. The van der Waals surface area contributed by atoms with Gasteiger partial charge in [0.25, 0.3) is 0 Å². The molecule has 11 heavy (non-hydrogen) atoms. The zero-order valence-corrected chi connectivity index (χ0v) is 8.29. The van der Waals surface area contributed by atoms with E-state index in [9.17, 15) is 0 Å². The van der Waals surface area contributed by atoms with E-state index in [4.69, 9.17) is 0 Å². The molecular weight excluding hydrogens is 172 g/mol. The van der Waals surface area contributed by atoms with Gasteiger partial charge in [-0.05, 0) is 36.1 Å². The van der Waals surface area contributed by atoms with Gasteiger partial charge < -0.3 is 0 Å². The molecule has 0 saturated heterocycles. The Bertz CT molecular complexity index is 235. The lowest BCUT2D eigenvalue weighted by Crippen LogP contribution is -1.69. The van der Waals surface area contributed by atoms with E-state index in [0.29, 0.717) is 0 Å². The van der Waals surface area contributed by atoms with Crippen LogP contribution in [0.2, 0.25) is 0 Å². The maximum absolute atomic E-state index is 4.13. The number of thiol groups is 1. The second kappa shape index (κ2) is 4.62. The van der Waals surface area contributed by atoms with Crippen LogP contribution in [-0.2, 0) is 0 Å². The molecule has 0 aromatic carbocycles. The Kier molecular flexibility index (Phi) is 3.73. The molecule has 0 nitrogen and oxygen atoms in total. The Balaban J connectivity index is 2.56. The van der Waals surface area contributed by atoms with Crippen molar-refractivity contribution in [2.45, 2.75) is 13.3 Å². The van der Waals surface area contributed by atoms with Crippen molar-refractivity contribution in [3.63, 3.8) is 0 Å². The van der Waals surface area contributed by atoms with Gasteiger partial charge in [0.05, 0.1) is 0 Å². The van der Waals surface area contributed by atoms with Gasteiger partial charge in [-0.15, -0.1) is 11.3 Å². The van der Waals surface area contributed by atoms with E-state index in [2.05, 4.69) is 43.2 Å². The predicted octanol–water partition coefficient (Wildman–Crippen LogP) is 3.39. The van der Waals surface area contributed by atoms with Crippen molar-refractivity contribution < 1.29 is 0 Å². The van der Waals surface area contributed by atoms with Crippen molar-refractivity contribution in [3.05, 3.63) is 28.0 Å². The normalized spacial score (nSPS) is 11.1. The lowest BCUT2D eigenvalue weighted by molar-refractivity contribution is 1.26. The van der Waals surface area contributed by atoms with E-state index in [1.807, 2.05) is 0 Å². The highest BCUT2D eigenvalue weighted by atomic mass is 32.1. The second-order valence-corrected chi connectivity index (χ2v) is 3.91. The molecule has 0 bridgehead atoms. The molecule has 0 aliphatic heterocycles. The van der Waals surface area contributed by atoms with E-state index in [1.165, 1.54) is 10.4 Å². The Morgan fingerprint density at radius 1 is 1.64 bits per heavy atom. The van der Waals surface area contributed by atoms with Crippen LogP contribution >= 0.6 is 24.0 Å². The summed E-state index contributed by atoms with van der Waals surface area (Å²) in [5.74, 6) is 0.930. The summed E-state index contributed by atoms with van der Waals surface area (Å²) in [6, 6.07) is 2.15. The van der Waals surface area contributed by atoms with Crippen LogP contribution in [0.1, 0.15) is 16.9 Å². The lowest BCUT2D eigenvalue weighted by atomic mass is 10.2. The molecule has 0 unspecified atom stereocenters. The summed E-state index contributed by atoms with van der Waals surface area (Å²) in [5.41, 5.74) is 1.34. The molecule has 60 valence electrons. The minimum Gasteiger partial charge on any atom is -0.179 e. The molecule has 1 rings (SSSR count). The molecular formula is C9H12S2. The van der Waals surface area contributed by atoms with Crippen molar-refractivity contribution in [3.8, 4) is 0 Å². The van der Waals surface area contributed by atoms with Crippen molar-refractivity contribution in [2.75, 3.05) is 5.75 Å². The second-order valence-electron chi connectivity index (χ2n) is 2.35. The molecule has 2 heteroatoms. The maximum atomic E-state index is 4.13. The molecule has 1 aromatic rings. The van der Waals surface area contributed by atoms with E-state index in [1.54, 1.807) is 11.3 Å². The van der Waals surface area contributed by atoms with Crippen molar-refractivity contribution in [1.82, 2.24) is 0 Å². The van der Waals surface area contributed by atoms with Crippen molar-refractivity contribution in [1.29, 1.82) is 0 Å². The van der Waals surface area contributed by atoms with Gasteiger partial charge in [-0.25, -0.2) is 0 Å². The smallest absolute Gasteiger partial charge is 0.00864 e. The third kappa shape index (κ3) is 2.72. The van der Waals surface area contributed by atoms with E-state index < -0.39 is 0 Å². The number of aryl methyl sites for hydroxylation is 1. The fraction of sp³-hybridized carbons (Fsp3) is 0.333. The van der Waals surface area contributed by atoms with Gasteiger partial charge in [0.1, 0.15) is 0 Å². The van der Waals surface area contributed by atoms with Crippen LogP contribution < -0.4 is 0 Å². The minimum atomic E-state index is 0.930. The summed E-state index contributed by atoms with van der Waals surface area (Å²) in [4.78, 5) is 1.39. The zero-order chi connectivity index (χ0) is 8.10. The van der Waals surface area contributed by atoms with Crippen LogP contribution in [0.4, 0.5) is 0 Å². The first-order chi connectivity index (χ1) is 5.34. The largest absolute Gasteiger partial charge is 0.179 e. The van der Waals surface area contributed by atoms with Crippen molar-refractivity contribution in [2.24, 2.45) is 0 Å². The molecule has 0 N–H and O–H groups in total. The van der Waals surface area contributed by atoms with Crippen LogP contribution in [0.25, 0.3) is 6.08 Å². The summed E-state index contributed by atoms with van der Waals surface area (Å²) < 4.78 is 0. The number of allylic oxidation sites excluding steroid dienone is 1. The highest BCUT2D eigenvalue weighted by Crippen LogP contribution is 2.16. The Morgan fingerprint density at radius 2 is 2.45 bits per heavy atom. The average Bonchev–Trinajstić information content (AvgIpc) is 2.37. The first-order valence-corrected chi connectivity index (χ1v) is 5.17. The summed E-state index contributed by atoms with van der Waals surface area (Å²) >= 11 is 5.92. The molecule has 0 aliphatic rings. The average molecular weight is 184 g/mol. The molecule has 0 amide bonds. The number of hydrogen-bond donors (Lipinski definition) is 1. The molecule has 1 heterocycles. The molecule has 1 aromatic heterocycles. The highest BCUT2D eigenvalue weighted by Gasteiger charge is 1.91. The SMILES string of the molecule is Cc1sccc1C=CCCS. The quantitative estimate of drug-likeness (QED) is 0.684. The molecule has 0 aliphatic carbocycles. The number of thiophene rings is 1. The van der Waals surface area contributed by atoms with Crippen LogP contribution in [0.5, 0.6) is 0 Å². The predicted molar refractivity (Wildman–Crippen MR) is 56.6 cm³/mol. The van der Waals surface area contributed by atoms with E-state index in [-0.39, 0.29) is 0 Å².